The van der Waals surface area contributed by atoms with Crippen LogP contribution in [0.2, 0.25) is 0 Å². The van der Waals surface area contributed by atoms with Gasteiger partial charge in [0.1, 0.15) is 48.8 Å². The highest BCUT2D eigenvalue weighted by atomic mass is 16.7. The normalized spacial score (nSPS) is 57.4. The van der Waals surface area contributed by atoms with Crippen LogP contribution in [0.3, 0.4) is 0 Å². The summed E-state index contributed by atoms with van der Waals surface area (Å²) in [6.45, 7) is 14.9. The molecule has 0 radical (unpaired) electrons. The Kier molecular flexibility index (Phi) is 10.6. The molecule has 21 atom stereocenters. The van der Waals surface area contributed by atoms with Crippen LogP contribution in [0.1, 0.15) is 99.8 Å². The highest BCUT2D eigenvalue weighted by Gasteiger charge is 2.81. The average molecular weight is 797 g/mol. The van der Waals surface area contributed by atoms with Gasteiger partial charge in [-0.1, -0.05) is 39.3 Å². The topological polar surface area (TPSA) is 217 Å². The molecule has 56 heavy (non-hydrogen) atoms. The Labute approximate surface area is 330 Å². The SMILES string of the molecule is CC(C)=C[C@@H]1C[C@](C)(O)[C@H]2[C@@H]3CC[C@@H]4[C@@]5(C)CC[C@H](O[C@H]6O[C@H](CO)[C@@H](O)[C@H](O[C@H]7O[C@@H](CO)[C@@H](O)[C@@H](O)[C@@H]7O)[C@@H]6O)C(C)(C)[C@H]5CC[C@]4(C)[C@@]34CO[C@@]2(C4)O1. The van der Waals surface area contributed by atoms with Crippen molar-refractivity contribution in [3.8, 4) is 0 Å². The van der Waals surface area contributed by atoms with Crippen LogP contribution < -0.4 is 0 Å². The lowest BCUT2D eigenvalue weighted by Crippen LogP contribution is -2.68. The van der Waals surface area contributed by atoms with Crippen LogP contribution in [0.25, 0.3) is 0 Å². The zero-order valence-corrected chi connectivity index (χ0v) is 34.1. The number of hydrogen-bond acceptors (Lipinski definition) is 14. The number of aliphatic hydroxyl groups excluding tert-OH is 7. The van der Waals surface area contributed by atoms with Crippen LogP contribution in [0, 0.1) is 45.3 Å². The largest absolute Gasteiger partial charge is 0.394 e. The number of ether oxygens (including phenoxy) is 6. The van der Waals surface area contributed by atoms with Crippen molar-refractivity contribution < 1.29 is 69.3 Å². The molecule has 8 rings (SSSR count). The van der Waals surface area contributed by atoms with Crippen molar-refractivity contribution in [2.24, 2.45) is 45.3 Å². The van der Waals surface area contributed by atoms with E-state index in [-0.39, 0.29) is 45.7 Å². The predicted octanol–water partition coefficient (Wildman–Crippen LogP) is 1.50. The summed E-state index contributed by atoms with van der Waals surface area (Å²) in [5.41, 5.74) is -0.269. The van der Waals surface area contributed by atoms with Crippen LogP contribution in [0.15, 0.2) is 11.6 Å². The minimum Gasteiger partial charge on any atom is -0.394 e. The van der Waals surface area contributed by atoms with Gasteiger partial charge in [0.05, 0.1) is 37.6 Å². The molecule has 0 amide bonds. The van der Waals surface area contributed by atoms with Crippen molar-refractivity contribution in [3.05, 3.63) is 11.6 Å². The third-order valence-electron chi connectivity index (χ3n) is 17.0. The molecule has 8 N–H and O–H groups in total. The molecule has 2 bridgehead atoms. The fraction of sp³-hybridized carbons (Fsp3) is 0.952. The fourth-order valence-electron chi connectivity index (χ4n) is 14.6. The molecular weight excluding hydrogens is 728 g/mol. The number of allylic oxidation sites excluding steroid dienone is 1. The van der Waals surface area contributed by atoms with E-state index in [0.29, 0.717) is 31.3 Å². The zero-order valence-electron chi connectivity index (χ0n) is 34.1. The Balaban J connectivity index is 1.01. The van der Waals surface area contributed by atoms with Crippen molar-refractivity contribution >= 4 is 0 Å². The molecule has 8 aliphatic rings. The van der Waals surface area contributed by atoms with Crippen LogP contribution in [0.4, 0.5) is 0 Å². The first-order valence-corrected chi connectivity index (χ1v) is 21.1. The molecule has 14 nitrogen and oxygen atoms in total. The number of hydrogen-bond donors (Lipinski definition) is 8. The second-order valence-electron chi connectivity index (χ2n) is 20.6. The van der Waals surface area contributed by atoms with Crippen molar-refractivity contribution in [3.63, 3.8) is 0 Å². The van der Waals surface area contributed by atoms with E-state index in [1.807, 2.05) is 6.92 Å². The first-order valence-electron chi connectivity index (χ1n) is 21.1. The smallest absolute Gasteiger partial charge is 0.187 e. The fourth-order valence-corrected chi connectivity index (χ4v) is 14.6. The number of fused-ring (bicyclic) bond motifs is 4. The molecule has 4 saturated carbocycles. The van der Waals surface area contributed by atoms with E-state index in [4.69, 9.17) is 28.4 Å². The van der Waals surface area contributed by atoms with Gasteiger partial charge < -0.3 is 69.3 Å². The van der Waals surface area contributed by atoms with Crippen molar-refractivity contribution in [2.45, 2.75) is 185 Å². The van der Waals surface area contributed by atoms with Gasteiger partial charge in [-0.05, 0) is 93.3 Å². The van der Waals surface area contributed by atoms with E-state index in [1.54, 1.807) is 0 Å². The summed E-state index contributed by atoms with van der Waals surface area (Å²) in [4.78, 5) is 0. The van der Waals surface area contributed by atoms with Gasteiger partial charge in [0.2, 0.25) is 0 Å². The van der Waals surface area contributed by atoms with Gasteiger partial charge in [0, 0.05) is 24.2 Å². The molecule has 0 unspecified atom stereocenters. The highest BCUT2D eigenvalue weighted by molar-refractivity contribution is 5.26. The minimum absolute atomic E-state index is 0.0284. The van der Waals surface area contributed by atoms with Gasteiger partial charge in [-0.15, -0.1) is 0 Å². The second kappa shape index (κ2) is 14.1. The molecule has 14 heteroatoms. The van der Waals surface area contributed by atoms with Gasteiger partial charge in [-0.2, -0.15) is 0 Å². The van der Waals surface area contributed by atoms with E-state index in [9.17, 15) is 40.9 Å². The van der Waals surface area contributed by atoms with Gasteiger partial charge >= 0.3 is 0 Å². The summed E-state index contributed by atoms with van der Waals surface area (Å²) in [6.07, 6.45) is -6.46. The monoisotopic (exact) mass is 796 g/mol. The Hall–Kier alpha value is -0.820. The number of aliphatic hydroxyl groups is 8. The third kappa shape index (κ3) is 5.94. The summed E-state index contributed by atoms with van der Waals surface area (Å²) >= 11 is 0. The van der Waals surface area contributed by atoms with Gasteiger partial charge in [0.15, 0.2) is 18.4 Å². The summed E-state index contributed by atoms with van der Waals surface area (Å²) < 4.78 is 37.8. The molecule has 0 aromatic rings. The molecule has 0 aromatic carbocycles. The molecule has 4 aliphatic heterocycles. The van der Waals surface area contributed by atoms with E-state index in [1.165, 1.54) is 5.57 Å². The first-order chi connectivity index (χ1) is 26.2. The lowest BCUT2D eigenvalue weighted by molar-refractivity contribution is -0.370. The number of rotatable bonds is 7. The summed E-state index contributed by atoms with van der Waals surface area (Å²) in [5.74, 6) is 0.123. The molecule has 4 heterocycles. The lowest BCUT2D eigenvalue weighted by Gasteiger charge is -2.70. The maximum absolute atomic E-state index is 12.1. The van der Waals surface area contributed by atoms with Gasteiger partial charge in [0.25, 0.3) is 0 Å². The summed E-state index contributed by atoms with van der Waals surface area (Å²) in [6, 6.07) is 0. The molecule has 320 valence electrons. The van der Waals surface area contributed by atoms with Crippen molar-refractivity contribution in [2.75, 3.05) is 19.8 Å². The van der Waals surface area contributed by atoms with Crippen molar-refractivity contribution in [1.82, 2.24) is 0 Å². The maximum atomic E-state index is 12.1. The minimum atomic E-state index is -1.75. The lowest BCUT2D eigenvalue weighted by atomic mass is 9.35. The second-order valence-corrected chi connectivity index (χ2v) is 20.6. The van der Waals surface area contributed by atoms with Gasteiger partial charge in [-0.3, -0.25) is 0 Å². The zero-order chi connectivity index (χ0) is 40.5. The van der Waals surface area contributed by atoms with Crippen molar-refractivity contribution in [1.29, 1.82) is 0 Å². The van der Waals surface area contributed by atoms with Gasteiger partial charge in [-0.25, -0.2) is 0 Å². The van der Waals surface area contributed by atoms with Crippen LogP contribution in [-0.2, 0) is 28.4 Å². The molecule has 4 aliphatic carbocycles. The van der Waals surface area contributed by atoms with E-state index in [2.05, 4.69) is 47.6 Å². The summed E-state index contributed by atoms with van der Waals surface area (Å²) in [5, 5.41) is 85.9. The molecular formula is C42H68O14. The Morgan fingerprint density at radius 1 is 0.750 bits per heavy atom. The van der Waals surface area contributed by atoms with E-state index in [0.717, 1.165) is 38.5 Å². The van der Waals surface area contributed by atoms with Crippen LogP contribution in [-0.4, -0.2) is 146 Å². The first kappa shape index (κ1) is 41.9. The van der Waals surface area contributed by atoms with Crippen LogP contribution in [0.5, 0.6) is 0 Å². The van der Waals surface area contributed by atoms with Crippen LogP contribution >= 0.6 is 0 Å². The Morgan fingerprint density at radius 2 is 1.41 bits per heavy atom. The Bertz CT molecular complexity index is 1500. The highest BCUT2D eigenvalue weighted by Crippen LogP contribution is 2.80. The molecule has 0 aromatic heterocycles. The average Bonchev–Trinajstić information content (AvgIpc) is 3.64. The van der Waals surface area contributed by atoms with E-state index >= 15 is 0 Å². The quantitative estimate of drug-likeness (QED) is 0.135. The molecule has 2 spiro atoms. The molecule has 8 fully saturated rings. The van der Waals surface area contributed by atoms with E-state index < -0.39 is 86.0 Å². The summed E-state index contributed by atoms with van der Waals surface area (Å²) in [7, 11) is 0. The molecule has 4 saturated heterocycles. The third-order valence-corrected chi connectivity index (χ3v) is 17.0. The standard InChI is InChI=1S/C42H68O14/c1-20(2)14-21-15-40(7,50)34-22-8-9-26-38(5)12-11-27(37(3,4)25(38)10-13-39(26,6)41(22)18-42(34,56-21)51-19-41)54-36-32(49)33(29(46)24(17-44)53-36)55-35-31(48)30(47)28(45)23(16-43)52-35/h14,21-36,43-50H,8-13,15-19H2,1-7H3/t21-,22+,23+,24-,25-,26-,27+,28-,29-,30-,31+,32+,33+,34-,35-,36-,38+,39+,40+,41+,42+/m1/s1. The Morgan fingerprint density at radius 3 is 2.07 bits per heavy atom. The maximum Gasteiger partial charge on any atom is 0.187 e. The predicted molar refractivity (Wildman–Crippen MR) is 198 cm³/mol.